The van der Waals surface area contributed by atoms with E-state index < -0.39 is 0 Å². The van der Waals surface area contributed by atoms with E-state index in [1.807, 2.05) is 0 Å². The van der Waals surface area contributed by atoms with Gasteiger partial charge in [-0.25, -0.2) is 0 Å². The van der Waals surface area contributed by atoms with Crippen LogP contribution in [-0.4, -0.2) is 8.41 Å². The van der Waals surface area contributed by atoms with E-state index in [1.165, 1.54) is 0 Å². The molecule has 0 spiro atoms. The Bertz CT molecular complexity index is 8.00. The second-order valence-electron chi connectivity index (χ2n) is 0. The van der Waals surface area contributed by atoms with E-state index >= 15 is 0 Å². The summed E-state index contributed by atoms with van der Waals surface area (Å²) < 4.78 is 0. The summed E-state index contributed by atoms with van der Waals surface area (Å²) in [6, 6.07) is 0. The van der Waals surface area contributed by atoms with Crippen LogP contribution < -0.4 is 0 Å². The fourth-order valence-corrected chi connectivity index (χ4v) is 0. The van der Waals surface area contributed by atoms with Crippen LogP contribution in [0.1, 0.15) is 7.43 Å². The summed E-state index contributed by atoms with van der Waals surface area (Å²) >= 11 is 0. The maximum Gasteiger partial charge on any atom is 0.0814 e. The predicted molar refractivity (Wildman–Crippen MR) is 16.7 cm³/mol. The summed E-state index contributed by atoms with van der Waals surface area (Å²) in [6.07, 6.45) is 0. The molecule has 0 amide bonds. The van der Waals surface area contributed by atoms with Gasteiger partial charge in [-0.3, -0.25) is 0 Å². The molecule has 1 radical (unpaired) electrons. The van der Waals surface area contributed by atoms with Gasteiger partial charge < -0.3 is 0 Å². The van der Waals surface area contributed by atoms with Crippen molar-refractivity contribution in [3.05, 3.63) is 0 Å². The summed E-state index contributed by atoms with van der Waals surface area (Å²) in [5, 5.41) is 0. The van der Waals surface area contributed by atoms with E-state index in [0.29, 0.717) is 0 Å². The van der Waals surface area contributed by atoms with Crippen molar-refractivity contribution in [2.24, 2.45) is 0 Å². The van der Waals surface area contributed by atoms with Crippen LogP contribution in [0.4, 0.5) is 0 Å². The first kappa shape index (κ1) is 64.9. The van der Waals surface area contributed by atoms with Gasteiger partial charge in [0, 0.05) is 35.9 Å². The second-order valence-corrected chi connectivity index (χ2v) is 0. The van der Waals surface area contributed by atoms with Crippen molar-refractivity contribution in [2.45, 2.75) is 7.43 Å². The molecule has 0 heterocycles. The molecule has 0 aromatic rings. The standard InChI is InChI=1S/CH4.BH3.Cr.V/h1H4;1H3;;. The van der Waals surface area contributed by atoms with E-state index in [9.17, 15) is 0 Å². The first-order valence-corrected chi connectivity index (χ1v) is 0. The topological polar surface area (TPSA) is 0 Å². The van der Waals surface area contributed by atoms with E-state index in [1.54, 1.807) is 0 Å². The van der Waals surface area contributed by atoms with Gasteiger partial charge in [0.1, 0.15) is 0 Å². The van der Waals surface area contributed by atoms with Gasteiger partial charge >= 0.3 is 0 Å². The third-order valence-electron chi connectivity index (χ3n) is 0. The third kappa shape index (κ3) is 10.8. The molecule has 0 aliphatic carbocycles. The van der Waals surface area contributed by atoms with Crippen molar-refractivity contribution < 1.29 is 35.9 Å². The normalized spacial score (nSPS) is 0. The van der Waals surface area contributed by atoms with Crippen molar-refractivity contribution >= 4 is 8.41 Å². The molecule has 0 saturated carbocycles. The Morgan fingerprint density at radius 2 is 1.00 bits per heavy atom. The molecule has 0 fully saturated rings. The largest absolute Gasteiger partial charge is 0.0814 e. The molecule has 0 rings (SSSR count). The van der Waals surface area contributed by atoms with Gasteiger partial charge in [0.25, 0.3) is 0 Å². The molecule has 0 saturated heterocycles. The zero-order chi connectivity index (χ0) is 0. The first-order chi connectivity index (χ1) is 0. The van der Waals surface area contributed by atoms with Crippen LogP contribution in [0, 0.1) is 0 Å². The van der Waals surface area contributed by atoms with Crippen molar-refractivity contribution in [1.29, 1.82) is 0 Å². The molecular weight excluding hydrogens is 126 g/mol. The fourth-order valence-electron chi connectivity index (χ4n) is 0. The molecule has 0 aliphatic rings. The monoisotopic (exact) mass is 133 g/mol. The van der Waals surface area contributed by atoms with Crippen LogP contribution in [0.25, 0.3) is 0 Å². The Morgan fingerprint density at radius 3 is 1.00 bits per heavy atom. The molecule has 25 valence electrons. The smallest absolute Gasteiger partial charge is 0.0776 e. The van der Waals surface area contributed by atoms with Gasteiger partial charge in [-0.2, -0.15) is 0 Å². The number of hydrogen-bond donors (Lipinski definition) is 0. The molecule has 0 bridgehead atoms. The maximum absolute atomic E-state index is 0. The summed E-state index contributed by atoms with van der Waals surface area (Å²) in [5.41, 5.74) is 0. The summed E-state index contributed by atoms with van der Waals surface area (Å²) in [5.74, 6) is 0. The van der Waals surface area contributed by atoms with Gasteiger partial charge in [0.2, 0.25) is 0 Å². The van der Waals surface area contributed by atoms with Crippen LogP contribution >= 0.6 is 0 Å². The van der Waals surface area contributed by atoms with E-state index in [2.05, 4.69) is 0 Å². The molecule has 0 aliphatic heterocycles. The second kappa shape index (κ2) is 30.3. The van der Waals surface area contributed by atoms with Crippen molar-refractivity contribution in [3.8, 4) is 0 Å². The van der Waals surface area contributed by atoms with Crippen molar-refractivity contribution in [3.63, 3.8) is 0 Å². The van der Waals surface area contributed by atoms with Gasteiger partial charge in [0.05, 0.1) is 8.41 Å². The van der Waals surface area contributed by atoms with Gasteiger partial charge in [-0.05, 0) is 0 Å². The molecule has 0 atom stereocenters. The van der Waals surface area contributed by atoms with Crippen molar-refractivity contribution in [2.75, 3.05) is 0 Å². The van der Waals surface area contributed by atoms with Crippen LogP contribution in [0.15, 0.2) is 0 Å². The number of rotatable bonds is 0. The maximum atomic E-state index is 0. The van der Waals surface area contributed by atoms with Crippen LogP contribution in [-0.2, 0) is 35.9 Å². The molecular formula is CH7BCrV. The quantitative estimate of drug-likeness (QED) is 0.388. The molecule has 0 aromatic heterocycles. The molecule has 3 heteroatoms. The molecule has 0 N–H and O–H groups in total. The molecule has 0 nitrogen and oxygen atoms in total. The Kier molecular flexibility index (Phi) is 492. The van der Waals surface area contributed by atoms with Crippen LogP contribution in [0.5, 0.6) is 0 Å². The minimum Gasteiger partial charge on any atom is -0.0776 e. The van der Waals surface area contributed by atoms with Gasteiger partial charge in [-0.1, -0.05) is 7.43 Å². The Hall–Kier alpha value is 1.18. The molecule has 0 aromatic carbocycles. The van der Waals surface area contributed by atoms with Gasteiger partial charge in [-0.15, -0.1) is 0 Å². The SMILES string of the molecule is B.C.[Cr].[V]. The summed E-state index contributed by atoms with van der Waals surface area (Å²) in [6.45, 7) is 0. The minimum absolute atomic E-state index is 0. The fraction of sp³-hybridized carbons (Fsp3) is 1.00. The van der Waals surface area contributed by atoms with E-state index in [4.69, 9.17) is 0 Å². The average molecular weight is 133 g/mol. The van der Waals surface area contributed by atoms with Crippen LogP contribution in [0.2, 0.25) is 0 Å². The number of hydrogen-bond acceptors (Lipinski definition) is 0. The van der Waals surface area contributed by atoms with Crippen molar-refractivity contribution in [1.82, 2.24) is 0 Å². The molecule has 0 unspecified atom stereocenters. The third-order valence-corrected chi connectivity index (χ3v) is 0. The zero-order valence-electron chi connectivity index (χ0n) is 0.855. The Morgan fingerprint density at radius 1 is 1.00 bits per heavy atom. The Balaban J connectivity index is 0. The molecule has 4 heavy (non-hydrogen) atoms. The first-order valence-electron chi connectivity index (χ1n) is 0. The van der Waals surface area contributed by atoms with E-state index in [-0.39, 0.29) is 51.8 Å². The Labute approximate surface area is 51.9 Å². The minimum atomic E-state index is 0. The predicted octanol–water partition coefficient (Wildman–Crippen LogP) is -0.553. The van der Waals surface area contributed by atoms with Gasteiger partial charge in [0.15, 0.2) is 0 Å². The van der Waals surface area contributed by atoms with Crippen LogP contribution in [0.3, 0.4) is 0 Å². The zero-order valence-corrected chi connectivity index (χ0v) is 3.53. The summed E-state index contributed by atoms with van der Waals surface area (Å²) in [7, 11) is 0. The average Bonchev–Trinajstić information content (AvgIpc) is 0. The summed E-state index contributed by atoms with van der Waals surface area (Å²) in [4.78, 5) is 0. The van der Waals surface area contributed by atoms with E-state index in [0.717, 1.165) is 0 Å².